The summed E-state index contributed by atoms with van der Waals surface area (Å²) in [5.74, 6) is 3.56. The molecule has 1 aliphatic carbocycles. The molecular weight excluding hydrogens is 348 g/mol. The molecule has 24 heavy (non-hydrogen) atoms. The summed E-state index contributed by atoms with van der Waals surface area (Å²) in [6, 6.07) is 6.19. The molecule has 0 bridgehead atoms. The van der Waals surface area contributed by atoms with Gasteiger partial charge in [0.1, 0.15) is 9.90 Å². The Morgan fingerprint density at radius 3 is 2.62 bits per heavy atom. The van der Waals surface area contributed by atoms with Crippen LogP contribution in [0.2, 0.25) is 0 Å². The predicted molar refractivity (Wildman–Crippen MR) is 92.3 cm³/mol. The van der Waals surface area contributed by atoms with Crippen molar-refractivity contribution in [1.29, 1.82) is 0 Å². The zero-order valence-corrected chi connectivity index (χ0v) is 14.6. The average molecular weight is 365 g/mol. The van der Waals surface area contributed by atoms with Crippen molar-refractivity contribution in [3.05, 3.63) is 47.3 Å². The molecule has 0 spiro atoms. The average Bonchev–Trinajstić information content (AvgIpc) is 3.05. The van der Waals surface area contributed by atoms with Gasteiger partial charge in [-0.25, -0.2) is 18.4 Å². The van der Waals surface area contributed by atoms with Gasteiger partial charge in [-0.3, -0.25) is 0 Å². The second-order valence-electron chi connectivity index (χ2n) is 6.62. The second-order valence-corrected chi connectivity index (χ2v) is 9.56. The van der Waals surface area contributed by atoms with E-state index in [0.717, 1.165) is 17.3 Å². The maximum absolute atomic E-state index is 14.6. The van der Waals surface area contributed by atoms with Crippen LogP contribution in [0, 0.1) is 11.7 Å². The monoisotopic (exact) mass is 365 g/mol. The SMILES string of the molecule is Fc1ccccc1C1C[C@H](F)c2nc(C3(C4CC4)SCCS3)nn21. The van der Waals surface area contributed by atoms with Crippen LogP contribution in [0.3, 0.4) is 0 Å². The van der Waals surface area contributed by atoms with Crippen molar-refractivity contribution in [2.24, 2.45) is 5.92 Å². The second kappa shape index (κ2) is 5.46. The van der Waals surface area contributed by atoms with E-state index in [1.54, 1.807) is 22.9 Å². The molecule has 1 saturated carbocycles. The summed E-state index contributed by atoms with van der Waals surface area (Å²) < 4.78 is 30.3. The van der Waals surface area contributed by atoms with E-state index < -0.39 is 12.2 Å². The fourth-order valence-electron chi connectivity index (χ4n) is 3.77. The lowest BCUT2D eigenvalue weighted by atomic mass is 10.0. The molecule has 126 valence electrons. The van der Waals surface area contributed by atoms with E-state index in [-0.39, 0.29) is 16.3 Å². The number of aromatic nitrogens is 3. The molecule has 2 fully saturated rings. The predicted octanol–water partition coefficient (Wildman–Crippen LogP) is 4.46. The first-order valence-corrected chi connectivity index (χ1v) is 10.3. The normalized spacial score (nSPS) is 28.2. The highest BCUT2D eigenvalue weighted by Gasteiger charge is 2.53. The molecule has 2 atom stereocenters. The fourth-order valence-corrected chi connectivity index (χ4v) is 7.25. The number of rotatable bonds is 3. The smallest absolute Gasteiger partial charge is 0.177 e. The van der Waals surface area contributed by atoms with E-state index >= 15 is 0 Å². The van der Waals surface area contributed by atoms with Crippen molar-refractivity contribution >= 4 is 23.5 Å². The van der Waals surface area contributed by atoms with Crippen molar-refractivity contribution in [3.8, 4) is 0 Å². The molecule has 1 unspecified atom stereocenters. The van der Waals surface area contributed by atoms with Gasteiger partial charge >= 0.3 is 0 Å². The van der Waals surface area contributed by atoms with E-state index in [2.05, 4.69) is 4.98 Å². The largest absolute Gasteiger partial charge is 0.239 e. The van der Waals surface area contributed by atoms with Gasteiger partial charge in [0, 0.05) is 23.5 Å². The minimum atomic E-state index is -1.18. The van der Waals surface area contributed by atoms with Crippen molar-refractivity contribution in [3.63, 3.8) is 0 Å². The Kier molecular flexibility index (Phi) is 3.46. The molecule has 3 heterocycles. The standard InChI is InChI=1S/C17H17F2N3S2/c18-12-4-2-1-3-11(12)14-9-13(19)15-20-16(21-22(14)15)17(10-5-6-10)23-7-8-24-17/h1-4,10,13-14H,5-9H2/t13-,14?/m0/s1. The summed E-state index contributed by atoms with van der Waals surface area (Å²) in [7, 11) is 0. The van der Waals surface area contributed by atoms with Gasteiger partial charge in [0.2, 0.25) is 0 Å². The maximum atomic E-state index is 14.6. The highest BCUT2D eigenvalue weighted by Crippen LogP contribution is 2.63. The van der Waals surface area contributed by atoms with Crippen molar-refractivity contribution in [1.82, 2.24) is 14.8 Å². The van der Waals surface area contributed by atoms with Gasteiger partial charge in [0.15, 0.2) is 17.8 Å². The Morgan fingerprint density at radius 1 is 1.17 bits per heavy atom. The third-order valence-electron chi connectivity index (χ3n) is 5.07. The lowest BCUT2D eigenvalue weighted by Crippen LogP contribution is -2.21. The molecule has 2 aliphatic heterocycles. The molecule has 0 N–H and O–H groups in total. The molecule has 1 aromatic carbocycles. The Morgan fingerprint density at radius 2 is 1.92 bits per heavy atom. The summed E-state index contributed by atoms with van der Waals surface area (Å²) in [4.78, 5) is 4.61. The quantitative estimate of drug-likeness (QED) is 0.803. The van der Waals surface area contributed by atoms with Crippen molar-refractivity contribution in [2.45, 2.75) is 35.6 Å². The number of hydrogen-bond acceptors (Lipinski definition) is 4. The Hall–Kier alpha value is -1.08. The molecule has 1 aromatic heterocycles. The van der Waals surface area contributed by atoms with Crippen LogP contribution >= 0.6 is 23.5 Å². The number of fused-ring (bicyclic) bond motifs is 1. The van der Waals surface area contributed by atoms with Gasteiger partial charge in [-0.05, 0) is 24.8 Å². The summed E-state index contributed by atoms with van der Waals surface area (Å²) in [6.07, 6.45) is 1.43. The van der Waals surface area contributed by atoms with Crippen LogP contribution in [0.15, 0.2) is 24.3 Å². The number of nitrogens with zero attached hydrogens (tertiary/aromatic N) is 3. The molecule has 7 heteroatoms. The van der Waals surface area contributed by atoms with Crippen LogP contribution in [0.4, 0.5) is 8.78 Å². The van der Waals surface area contributed by atoms with Crippen LogP contribution in [-0.2, 0) is 4.08 Å². The Labute approximate surface area is 147 Å². The van der Waals surface area contributed by atoms with Gasteiger partial charge in [-0.2, -0.15) is 5.10 Å². The number of halogens is 2. The summed E-state index contributed by atoms with van der Waals surface area (Å²) in [5.41, 5.74) is 0.502. The number of hydrogen-bond donors (Lipinski definition) is 0. The highest BCUT2D eigenvalue weighted by atomic mass is 32.2. The molecule has 3 aliphatic rings. The molecule has 3 nitrogen and oxygen atoms in total. The lowest BCUT2D eigenvalue weighted by Gasteiger charge is -2.24. The highest BCUT2D eigenvalue weighted by molar-refractivity contribution is 8.20. The van der Waals surface area contributed by atoms with Crippen LogP contribution < -0.4 is 0 Å². The first-order chi connectivity index (χ1) is 11.7. The zero-order chi connectivity index (χ0) is 16.3. The fraction of sp³-hybridized carbons (Fsp3) is 0.529. The van der Waals surface area contributed by atoms with E-state index in [9.17, 15) is 8.78 Å². The third-order valence-corrected chi connectivity index (χ3v) is 8.74. The number of benzene rings is 1. The van der Waals surface area contributed by atoms with Gasteiger partial charge in [-0.15, -0.1) is 23.5 Å². The van der Waals surface area contributed by atoms with Gasteiger partial charge in [0.25, 0.3) is 0 Å². The number of thioether (sulfide) groups is 2. The van der Waals surface area contributed by atoms with Gasteiger partial charge in [-0.1, -0.05) is 18.2 Å². The minimum absolute atomic E-state index is 0.114. The van der Waals surface area contributed by atoms with Crippen LogP contribution in [-0.4, -0.2) is 26.3 Å². The number of alkyl halides is 1. The zero-order valence-electron chi connectivity index (χ0n) is 13.0. The van der Waals surface area contributed by atoms with Crippen molar-refractivity contribution < 1.29 is 8.78 Å². The molecular formula is C17H17F2N3S2. The van der Waals surface area contributed by atoms with Crippen LogP contribution in [0.1, 0.15) is 48.7 Å². The van der Waals surface area contributed by atoms with E-state index in [0.29, 0.717) is 17.3 Å². The summed E-state index contributed by atoms with van der Waals surface area (Å²) in [5, 5.41) is 4.71. The Bertz CT molecular complexity index is 784. The van der Waals surface area contributed by atoms with E-state index in [1.807, 2.05) is 23.5 Å². The van der Waals surface area contributed by atoms with Gasteiger partial charge < -0.3 is 0 Å². The lowest BCUT2D eigenvalue weighted by molar-refractivity contribution is 0.326. The maximum Gasteiger partial charge on any atom is 0.177 e. The van der Waals surface area contributed by atoms with E-state index in [4.69, 9.17) is 5.10 Å². The third kappa shape index (κ3) is 2.17. The van der Waals surface area contributed by atoms with Crippen LogP contribution in [0.25, 0.3) is 0 Å². The van der Waals surface area contributed by atoms with Crippen molar-refractivity contribution in [2.75, 3.05) is 11.5 Å². The molecule has 0 amide bonds. The first-order valence-electron chi connectivity index (χ1n) is 8.32. The molecule has 2 aromatic rings. The molecule has 1 saturated heterocycles. The molecule has 0 radical (unpaired) electrons. The van der Waals surface area contributed by atoms with Gasteiger partial charge in [0.05, 0.1) is 6.04 Å². The van der Waals surface area contributed by atoms with Crippen LogP contribution in [0.5, 0.6) is 0 Å². The Balaban J connectivity index is 1.58. The first kappa shape index (κ1) is 15.2. The summed E-state index contributed by atoms with van der Waals surface area (Å²) in [6.45, 7) is 0. The summed E-state index contributed by atoms with van der Waals surface area (Å²) >= 11 is 3.80. The molecule has 5 rings (SSSR count). The topological polar surface area (TPSA) is 30.7 Å². The van der Waals surface area contributed by atoms with E-state index in [1.165, 1.54) is 18.9 Å². The minimum Gasteiger partial charge on any atom is -0.239 e.